The summed E-state index contributed by atoms with van der Waals surface area (Å²) in [6.07, 6.45) is 5.08. The molecule has 1 rings (SSSR count). The molecule has 0 aliphatic heterocycles. The minimum Gasteiger partial charge on any atom is -0.307 e. The van der Waals surface area contributed by atoms with Crippen molar-refractivity contribution in [1.29, 1.82) is 0 Å². The van der Waals surface area contributed by atoms with E-state index in [1.807, 2.05) is 0 Å². The number of unbranched alkanes of at least 4 members (excludes halogenated alkanes) is 1. The zero-order chi connectivity index (χ0) is 12.7. The van der Waals surface area contributed by atoms with Crippen molar-refractivity contribution < 1.29 is 0 Å². The number of benzene rings is 1. The molecule has 96 valence electrons. The van der Waals surface area contributed by atoms with E-state index in [2.05, 4.69) is 66.3 Å². The Bertz CT molecular complexity index is 324. The molecule has 0 aliphatic carbocycles. The second-order valence-electron chi connectivity index (χ2n) is 4.66. The lowest BCUT2D eigenvalue weighted by Gasteiger charge is -2.23. The summed E-state index contributed by atoms with van der Waals surface area (Å²) in [7, 11) is 0. The van der Waals surface area contributed by atoms with Crippen LogP contribution < -0.4 is 5.32 Å². The fraction of sp³-hybridized carbons (Fsp3) is 0.600. The zero-order valence-corrected chi connectivity index (χ0v) is 12.8. The topological polar surface area (TPSA) is 12.0 Å². The smallest absolute Gasteiger partial charge is 0.0305 e. The lowest BCUT2D eigenvalue weighted by atomic mass is 10.0. The van der Waals surface area contributed by atoms with Crippen molar-refractivity contribution in [2.45, 2.75) is 58.5 Å². The largest absolute Gasteiger partial charge is 0.307 e. The van der Waals surface area contributed by atoms with Crippen LogP contribution in [0, 0.1) is 0 Å². The van der Waals surface area contributed by atoms with E-state index in [9.17, 15) is 0 Å². The molecule has 1 aromatic carbocycles. The van der Waals surface area contributed by atoms with Crippen LogP contribution >= 0.6 is 15.9 Å². The Hall–Kier alpha value is -0.340. The Morgan fingerprint density at radius 1 is 1.24 bits per heavy atom. The maximum absolute atomic E-state index is 3.73. The predicted molar refractivity (Wildman–Crippen MR) is 79.3 cm³/mol. The second-order valence-corrected chi connectivity index (χ2v) is 5.51. The average molecular weight is 298 g/mol. The average Bonchev–Trinajstić information content (AvgIpc) is 2.34. The van der Waals surface area contributed by atoms with Crippen molar-refractivity contribution in [2.24, 2.45) is 0 Å². The van der Waals surface area contributed by atoms with Crippen LogP contribution in [0.3, 0.4) is 0 Å². The van der Waals surface area contributed by atoms with E-state index >= 15 is 0 Å². The van der Waals surface area contributed by atoms with Gasteiger partial charge in [-0.25, -0.2) is 0 Å². The molecule has 0 saturated carbocycles. The quantitative estimate of drug-likeness (QED) is 0.741. The fourth-order valence-electron chi connectivity index (χ4n) is 2.13. The molecule has 0 radical (unpaired) electrons. The van der Waals surface area contributed by atoms with Gasteiger partial charge in [-0.05, 0) is 31.4 Å². The molecule has 1 nitrogen and oxygen atoms in total. The van der Waals surface area contributed by atoms with Crippen molar-refractivity contribution in [3.8, 4) is 0 Å². The third-order valence-electron chi connectivity index (χ3n) is 3.26. The fourth-order valence-corrected chi connectivity index (χ4v) is 2.75. The Labute approximate surface area is 114 Å². The number of halogens is 1. The molecule has 0 aromatic heterocycles. The molecule has 2 atom stereocenters. The van der Waals surface area contributed by atoms with Gasteiger partial charge < -0.3 is 5.32 Å². The number of rotatable bonds is 7. The number of hydrogen-bond donors (Lipinski definition) is 1. The Balaban J connectivity index is 2.58. The van der Waals surface area contributed by atoms with Gasteiger partial charge >= 0.3 is 0 Å². The van der Waals surface area contributed by atoms with Gasteiger partial charge in [0.1, 0.15) is 0 Å². The SMILES string of the molecule is CCCCC(CC)NC(C)c1ccccc1Br. The van der Waals surface area contributed by atoms with Crippen LogP contribution in [0.4, 0.5) is 0 Å². The maximum Gasteiger partial charge on any atom is 0.0305 e. The molecule has 0 fully saturated rings. The summed E-state index contributed by atoms with van der Waals surface area (Å²) in [4.78, 5) is 0. The summed E-state index contributed by atoms with van der Waals surface area (Å²) in [5.41, 5.74) is 1.35. The summed E-state index contributed by atoms with van der Waals surface area (Å²) in [6.45, 7) is 6.76. The molecule has 0 saturated heterocycles. The molecule has 2 heteroatoms. The molecule has 0 bridgehead atoms. The van der Waals surface area contributed by atoms with Crippen molar-refractivity contribution >= 4 is 15.9 Å². The van der Waals surface area contributed by atoms with Crippen LogP contribution in [-0.2, 0) is 0 Å². The molecular formula is C15H24BrN. The van der Waals surface area contributed by atoms with Crippen molar-refractivity contribution in [1.82, 2.24) is 5.32 Å². The van der Waals surface area contributed by atoms with E-state index in [4.69, 9.17) is 0 Å². The minimum absolute atomic E-state index is 0.410. The zero-order valence-electron chi connectivity index (χ0n) is 11.2. The molecule has 0 spiro atoms. The summed E-state index contributed by atoms with van der Waals surface area (Å²) in [6, 6.07) is 9.51. The highest BCUT2D eigenvalue weighted by atomic mass is 79.9. The molecule has 17 heavy (non-hydrogen) atoms. The van der Waals surface area contributed by atoms with Gasteiger partial charge in [0.05, 0.1) is 0 Å². The highest BCUT2D eigenvalue weighted by molar-refractivity contribution is 9.10. The van der Waals surface area contributed by atoms with Crippen molar-refractivity contribution in [3.05, 3.63) is 34.3 Å². The second kappa shape index (κ2) is 7.88. The summed E-state index contributed by atoms with van der Waals surface area (Å²) >= 11 is 3.62. The van der Waals surface area contributed by atoms with Crippen LogP contribution in [0.5, 0.6) is 0 Å². The summed E-state index contributed by atoms with van der Waals surface area (Å²) < 4.78 is 1.20. The van der Waals surface area contributed by atoms with E-state index in [-0.39, 0.29) is 0 Å². The monoisotopic (exact) mass is 297 g/mol. The van der Waals surface area contributed by atoms with Gasteiger partial charge in [0.25, 0.3) is 0 Å². The van der Waals surface area contributed by atoms with Gasteiger partial charge in [-0.3, -0.25) is 0 Å². The molecule has 0 amide bonds. The van der Waals surface area contributed by atoms with Crippen LogP contribution in [0.15, 0.2) is 28.7 Å². The van der Waals surface area contributed by atoms with Gasteiger partial charge in [-0.2, -0.15) is 0 Å². The normalized spacial score (nSPS) is 14.6. The van der Waals surface area contributed by atoms with E-state index in [0.717, 1.165) is 0 Å². The minimum atomic E-state index is 0.410. The molecule has 0 aliphatic rings. The van der Waals surface area contributed by atoms with Gasteiger partial charge in [-0.1, -0.05) is 60.8 Å². The van der Waals surface area contributed by atoms with Crippen LogP contribution in [0.2, 0.25) is 0 Å². The molecular weight excluding hydrogens is 274 g/mol. The van der Waals surface area contributed by atoms with Crippen LogP contribution in [0.25, 0.3) is 0 Å². The first-order valence-corrected chi connectivity index (χ1v) is 7.48. The number of nitrogens with one attached hydrogen (secondary N) is 1. The highest BCUT2D eigenvalue weighted by Crippen LogP contribution is 2.23. The van der Waals surface area contributed by atoms with Crippen LogP contribution in [0.1, 0.15) is 58.1 Å². The molecule has 1 aromatic rings. The third kappa shape index (κ3) is 4.81. The maximum atomic E-state index is 3.73. The van der Waals surface area contributed by atoms with E-state index in [1.165, 1.54) is 35.7 Å². The molecule has 1 N–H and O–H groups in total. The lowest BCUT2D eigenvalue weighted by molar-refractivity contribution is 0.409. The standard InChI is InChI=1S/C15H24BrN/c1-4-6-9-13(5-2)17-12(3)14-10-7-8-11-15(14)16/h7-8,10-13,17H,4-6,9H2,1-3H3. The van der Waals surface area contributed by atoms with E-state index in [1.54, 1.807) is 0 Å². The van der Waals surface area contributed by atoms with E-state index < -0.39 is 0 Å². The highest BCUT2D eigenvalue weighted by Gasteiger charge is 2.13. The Kier molecular flexibility index (Phi) is 6.83. The van der Waals surface area contributed by atoms with E-state index in [0.29, 0.717) is 12.1 Å². The first kappa shape index (κ1) is 14.7. The van der Waals surface area contributed by atoms with Gasteiger partial charge in [-0.15, -0.1) is 0 Å². The Morgan fingerprint density at radius 3 is 2.53 bits per heavy atom. The summed E-state index contributed by atoms with van der Waals surface area (Å²) in [5.74, 6) is 0. The third-order valence-corrected chi connectivity index (χ3v) is 3.98. The van der Waals surface area contributed by atoms with Crippen molar-refractivity contribution in [3.63, 3.8) is 0 Å². The van der Waals surface area contributed by atoms with Crippen molar-refractivity contribution in [2.75, 3.05) is 0 Å². The summed E-state index contributed by atoms with van der Waals surface area (Å²) in [5, 5.41) is 3.73. The van der Waals surface area contributed by atoms with Crippen LogP contribution in [-0.4, -0.2) is 6.04 Å². The molecule has 0 heterocycles. The van der Waals surface area contributed by atoms with Gasteiger partial charge in [0, 0.05) is 16.6 Å². The lowest BCUT2D eigenvalue weighted by Crippen LogP contribution is -2.31. The molecule has 2 unspecified atom stereocenters. The predicted octanol–water partition coefficient (Wildman–Crippen LogP) is 5.07. The Morgan fingerprint density at radius 2 is 1.94 bits per heavy atom. The first-order chi connectivity index (χ1) is 8.19. The van der Waals surface area contributed by atoms with Gasteiger partial charge in [0.15, 0.2) is 0 Å². The number of hydrogen-bond acceptors (Lipinski definition) is 1. The van der Waals surface area contributed by atoms with Gasteiger partial charge in [0.2, 0.25) is 0 Å². The first-order valence-electron chi connectivity index (χ1n) is 6.69.